The fourth-order valence-corrected chi connectivity index (χ4v) is 4.28. The van der Waals surface area contributed by atoms with Crippen molar-refractivity contribution in [2.24, 2.45) is 4.99 Å². The summed E-state index contributed by atoms with van der Waals surface area (Å²) < 4.78 is 44.6. The largest absolute Gasteiger partial charge is 0.479 e. The van der Waals surface area contributed by atoms with Gasteiger partial charge in [-0.15, -0.1) is 5.10 Å². The Kier molecular flexibility index (Phi) is 5.82. The van der Waals surface area contributed by atoms with Crippen LogP contribution in [-0.4, -0.2) is 91.2 Å². The number of H-pyrrole nitrogens is 1. The van der Waals surface area contributed by atoms with Crippen molar-refractivity contribution in [1.29, 1.82) is 0 Å². The molecule has 5 rings (SSSR count). The van der Waals surface area contributed by atoms with Crippen molar-refractivity contribution < 1.29 is 24.8 Å². The molecular formula is C22H24F2N8O3. The molecule has 13 heteroatoms. The molecule has 1 saturated heterocycles. The highest BCUT2D eigenvalue weighted by Gasteiger charge is 2.31. The molecule has 0 radical (unpaired) electrons. The van der Waals surface area contributed by atoms with E-state index in [0.717, 1.165) is 5.56 Å². The Morgan fingerprint density at radius 2 is 2.29 bits per heavy atom. The number of hydrogen-bond acceptors (Lipinski definition) is 7. The fourth-order valence-electron chi connectivity index (χ4n) is 4.28. The molecule has 1 amide bonds. The number of alkyl halides is 2. The summed E-state index contributed by atoms with van der Waals surface area (Å²) in [4.78, 5) is 21.7. The van der Waals surface area contributed by atoms with E-state index in [2.05, 4.69) is 25.4 Å². The minimum Gasteiger partial charge on any atom is -0.479 e. The number of carbonyl (C=O) groups is 1. The Balaban J connectivity index is 1.55. The summed E-state index contributed by atoms with van der Waals surface area (Å²) in [7, 11) is 1.44. The van der Waals surface area contributed by atoms with Gasteiger partial charge in [0.05, 0.1) is 33.1 Å². The van der Waals surface area contributed by atoms with E-state index in [1.165, 1.54) is 21.2 Å². The molecule has 2 N–H and O–H groups in total. The number of likely N-dealkylation sites (tertiary alicyclic amines) is 1. The first kappa shape index (κ1) is 21.6. The summed E-state index contributed by atoms with van der Waals surface area (Å²) in [6.07, 6.45) is -1.09. The second-order valence-electron chi connectivity index (χ2n) is 8.13. The number of aryl methyl sites for hydroxylation is 1. The zero-order chi connectivity index (χ0) is 25.4. The maximum Gasteiger partial charge on any atom is 0.248 e. The van der Waals surface area contributed by atoms with Crippen LogP contribution in [0.15, 0.2) is 35.4 Å². The Bertz CT molecular complexity index is 1500. The van der Waals surface area contributed by atoms with Crippen LogP contribution in [0.5, 0.6) is 5.88 Å². The molecule has 1 aliphatic rings. The zero-order valence-electron chi connectivity index (χ0n) is 19.9. The summed E-state index contributed by atoms with van der Waals surface area (Å²) in [5, 5.41) is 20.0. The van der Waals surface area contributed by atoms with Gasteiger partial charge in [-0.3, -0.25) is 14.4 Å². The molecular weight excluding hydrogens is 462 g/mol. The number of aromatic nitrogens is 6. The normalized spacial score (nSPS) is 19.5. The van der Waals surface area contributed by atoms with Gasteiger partial charge in [0.2, 0.25) is 17.4 Å². The Labute approximate surface area is 199 Å². The van der Waals surface area contributed by atoms with Crippen LogP contribution in [-0.2, 0) is 11.3 Å². The van der Waals surface area contributed by atoms with Crippen molar-refractivity contribution in [1.82, 2.24) is 34.5 Å². The highest BCUT2D eigenvalue weighted by molar-refractivity contribution is 5.89. The van der Waals surface area contributed by atoms with Gasteiger partial charge < -0.3 is 14.7 Å². The number of aliphatic hydroxyl groups excluding tert-OH is 1. The number of aliphatic hydroxyl groups is 1. The minimum atomic E-state index is -1.43. The molecule has 4 heterocycles. The lowest BCUT2D eigenvalue weighted by Gasteiger charge is -2.32. The smallest absolute Gasteiger partial charge is 0.248 e. The Morgan fingerprint density at radius 1 is 1.43 bits per heavy atom. The lowest BCUT2D eigenvalue weighted by molar-refractivity contribution is -0.136. The van der Waals surface area contributed by atoms with Gasteiger partial charge in [-0.1, -0.05) is 11.3 Å². The van der Waals surface area contributed by atoms with Crippen LogP contribution in [0.25, 0.3) is 27.7 Å². The number of piperidine rings is 1. The topological polar surface area (TPSA) is 126 Å². The van der Waals surface area contributed by atoms with Crippen LogP contribution in [0.4, 0.5) is 8.78 Å². The highest BCUT2D eigenvalue weighted by atomic mass is 19.1. The van der Waals surface area contributed by atoms with Gasteiger partial charge in [-0.2, -0.15) is 4.98 Å². The number of nitrogens with one attached hydrogen (secondary N) is 1. The van der Waals surface area contributed by atoms with Crippen molar-refractivity contribution in [3.05, 3.63) is 36.1 Å². The van der Waals surface area contributed by atoms with E-state index in [9.17, 15) is 13.6 Å². The molecule has 0 saturated carbocycles. The summed E-state index contributed by atoms with van der Waals surface area (Å²) in [6.45, 7) is -1.07. The van der Waals surface area contributed by atoms with E-state index in [1.807, 2.05) is 12.1 Å². The zero-order valence-corrected chi connectivity index (χ0v) is 18.9. The van der Waals surface area contributed by atoms with Crippen LogP contribution in [0, 0.1) is 0 Å². The maximum atomic E-state index is 14.7. The lowest BCUT2D eigenvalue weighted by Crippen LogP contribution is -2.48. The molecule has 1 aliphatic heterocycles. The van der Waals surface area contributed by atoms with Gasteiger partial charge in [0.15, 0.2) is 0 Å². The average Bonchev–Trinajstić information content (AvgIpc) is 3.45. The molecule has 184 valence electrons. The summed E-state index contributed by atoms with van der Waals surface area (Å²) in [5.41, 5.74) is 3.19. The fraction of sp³-hybridized carbons (Fsp3) is 0.409. The van der Waals surface area contributed by atoms with Crippen molar-refractivity contribution in [3.8, 4) is 17.0 Å². The Hall–Kier alpha value is -3.87. The number of rotatable bonds is 6. The molecule has 2 atom stereocenters. The molecule has 11 nitrogen and oxygen atoms in total. The van der Waals surface area contributed by atoms with E-state index < -0.39 is 31.4 Å². The standard InChI is InChI=1S/C22H24F2N8O3/c1-35-21-20-14(13-2-3-17-18(10-13)31(9-6-23)29-27-17)4-8-32(20)28-22(26-21)25-16-5-7-30(11-15(16)24)19(34)12-33/h2-4,8,10,15-16,33H,5-7,9,11-12H2,1H3,(H,25,28)/t15-,16+/m1/s1/i8D. The predicted octanol–water partition coefficient (Wildman–Crippen LogP) is 0.884. The van der Waals surface area contributed by atoms with Crippen molar-refractivity contribution in [3.63, 3.8) is 0 Å². The second-order valence-corrected chi connectivity index (χ2v) is 8.13. The molecule has 0 aliphatic carbocycles. The first-order chi connectivity index (χ1) is 17.4. The molecule has 1 aromatic carbocycles. The molecule has 1 fully saturated rings. The van der Waals surface area contributed by atoms with Crippen LogP contribution >= 0.6 is 0 Å². The summed E-state index contributed by atoms with van der Waals surface area (Å²) in [6, 6.07) is 6.27. The van der Waals surface area contributed by atoms with E-state index in [0.29, 0.717) is 22.1 Å². The van der Waals surface area contributed by atoms with E-state index in [4.69, 9.17) is 11.2 Å². The van der Waals surface area contributed by atoms with Crippen LogP contribution < -0.4 is 10.4 Å². The molecule has 4 aromatic rings. The van der Waals surface area contributed by atoms with Gasteiger partial charge in [0, 0.05) is 18.3 Å². The first-order valence-electron chi connectivity index (χ1n) is 11.6. The molecule has 35 heavy (non-hydrogen) atoms. The highest BCUT2D eigenvalue weighted by Crippen LogP contribution is 2.31. The van der Waals surface area contributed by atoms with Crippen molar-refractivity contribution in [2.75, 3.05) is 33.5 Å². The lowest BCUT2D eigenvalue weighted by atomic mass is 10.0. The number of carbonyl (C=O) groups excluding carboxylic acids is 1. The molecule has 0 bridgehead atoms. The Morgan fingerprint density at radius 3 is 3.03 bits per heavy atom. The SMILES string of the molecule is [2H]c1cc(-c2ccc3nnn(CCF)c3c2)c2c(OC)nc(=N[C@H]3CCN(C(=O)CO)C[C@H]3F)[nH]n12. The van der Waals surface area contributed by atoms with Crippen molar-refractivity contribution >= 4 is 22.5 Å². The van der Waals surface area contributed by atoms with Crippen LogP contribution in [0.1, 0.15) is 7.79 Å². The number of ether oxygens (including phenoxy) is 1. The quantitative estimate of drug-likeness (QED) is 0.416. The molecule has 0 unspecified atom stereocenters. The third-order valence-electron chi connectivity index (χ3n) is 6.04. The number of benzene rings is 1. The van der Waals surface area contributed by atoms with Crippen LogP contribution in [0.2, 0.25) is 0 Å². The molecule has 3 aromatic heterocycles. The summed E-state index contributed by atoms with van der Waals surface area (Å²) in [5.74, 6) is -0.343. The minimum absolute atomic E-state index is 0.0743. The summed E-state index contributed by atoms with van der Waals surface area (Å²) >= 11 is 0. The van der Waals surface area contributed by atoms with Gasteiger partial charge in [-0.05, 0) is 30.2 Å². The number of aromatic amines is 1. The number of methoxy groups -OCH3 is 1. The second kappa shape index (κ2) is 9.41. The third-order valence-corrected chi connectivity index (χ3v) is 6.04. The van der Waals surface area contributed by atoms with Gasteiger partial charge in [-0.25, -0.2) is 18.5 Å². The van der Waals surface area contributed by atoms with Gasteiger partial charge in [0.25, 0.3) is 0 Å². The average molecular weight is 487 g/mol. The monoisotopic (exact) mass is 487 g/mol. The maximum absolute atomic E-state index is 14.7. The van der Waals surface area contributed by atoms with E-state index >= 15 is 0 Å². The van der Waals surface area contributed by atoms with Gasteiger partial charge in [0.1, 0.15) is 30.5 Å². The number of nitrogens with zero attached hydrogens (tertiary/aromatic N) is 7. The van der Waals surface area contributed by atoms with E-state index in [-0.39, 0.29) is 43.7 Å². The van der Waals surface area contributed by atoms with E-state index in [1.54, 1.807) is 12.1 Å². The molecule has 0 spiro atoms. The number of amides is 1. The third kappa shape index (κ3) is 4.22. The number of hydrogen-bond donors (Lipinski definition) is 2. The number of halogens is 2. The predicted molar refractivity (Wildman–Crippen MR) is 121 cm³/mol. The van der Waals surface area contributed by atoms with Gasteiger partial charge >= 0.3 is 0 Å². The van der Waals surface area contributed by atoms with Crippen LogP contribution in [0.3, 0.4) is 0 Å². The van der Waals surface area contributed by atoms with Crippen molar-refractivity contribution in [2.45, 2.75) is 25.2 Å². The first-order valence-corrected chi connectivity index (χ1v) is 11.1. The number of fused-ring (bicyclic) bond motifs is 2.